The molecule has 0 aliphatic rings. The first kappa shape index (κ1) is 18.1. The van der Waals surface area contributed by atoms with E-state index in [1.165, 1.54) is 15.9 Å². The maximum atomic E-state index is 4.96. The van der Waals surface area contributed by atoms with E-state index in [1.54, 1.807) is 0 Å². The average molecular weight is 359 g/mol. The largest absolute Gasteiger partial charge is 1.00 e. The maximum absolute atomic E-state index is 4.96. The van der Waals surface area contributed by atoms with Crippen molar-refractivity contribution < 1.29 is 12.4 Å². The first-order valence-electron chi connectivity index (χ1n) is 7.50. The molecule has 3 aromatic rings. The highest BCUT2D eigenvalue weighted by Gasteiger charge is 2.48. The number of hydrogen-bond acceptors (Lipinski definition) is 1. The maximum Gasteiger partial charge on any atom is 0.124 e. The standard InChI is InChI=1S/C20H19PS.ClH/c1-17(22)21(18-11-5-2-6-12-18,19-13-7-3-8-14-19)20-15-9-4-10-16-20;/h2-17H,1H3;1H. The number of thiol groups is 1. The van der Waals surface area contributed by atoms with Gasteiger partial charge in [-0.1, -0.05) is 54.6 Å². The number of benzene rings is 3. The van der Waals surface area contributed by atoms with Gasteiger partial charge in [0.05, 0.1) is 0 Å². The SMILES string of the molecule is CC(S)[P+](c1ccccc1)(c1ccccc1)c1ccccc1.[Cl-]. The third-order valence-electron chi connectivity index (χ3n) is 4.05. The lowest BCUT2D eigenvalue weighted by atomic mass is 10.4. The van der Waals surface area contributed by atoms with Gasteiger partial charge < -0.3 is 12.4 Å². The zero-order chi connectivity index (χ0) is 15.4. The van der Waals surface area contributed by atoms with E-state index in [9.17, 15) is 0 Å². The Morgan fingerprint density at radius 3 is 1.09 bits per heavy atom. The molecule has 1 atom stereocenters. The van der Waals surface area contributed by atoms with Crippen LogP contribution in [0.4, 0.5) is 0 Å². The fourth-order valence-electron chi connectivity index (χ4n) is 3.08. The molecular formula is C20H20ClPS. The second-order valence-electron chi connectivity index (χ2n) is 5.36. The molecule has 1 unspecified atom stereocenters. The van der Waals surface area contributed by atoms with Crippen molar-refractivity contribution in [1.29, 1.82) is 0 Å². The van der Waals surface area contributed by atoms with Gasteiger partial charge in [0.15, 0.2) is 0 Å². The Balaban J connectivity index is 0.00000192. The van der Waals surface area contributed by atoms with E-state index in [1.807, 2.05) is 0 Å². The summed E-state index contributed by atoms with van der Waals surface area (Å²) < 4.78 is 0. The zero-order valence-electron chi connectivity index (χ0n) is 13.0. The third kappa shape index (κ3) is 3.33. The molecule has 3 heteroatoms. The van der Waals surface area contributed by atoms with Crippen LogP contribution >= 0.6 is 19.9 Å². The summed E-state index contributed by atoms with van der Waals surface area (Å²) in [4.78, 5) is 0.250. The van der Waals surface area contributed by atoms with E-state index in [0.29, 0.717) is 0 Å². The Kier molecular flexibility index (Phi) is 6.30. The molecular weight excluding hydrogens is 339 g/mol. The molecule has 23 heavy (non-hydrogen) atoms. The molecule has 118 valence electrons. The molecule has 0 N–H and O–H groups in total. The molecule has 0 saturated heterocycles. The van der Waals surface area contributed by atoms with Gasteiger partial charge in [0.1, 0.15) is 28.2 Å². The Morgan fingerprint density at radius 1 is 0.609 bits per heavy atom. The molecule has 3 aromatic carbocycles. The van der Waals surface area contributed by atoms with Gasteiger partial charge in [0.25, 0.3) is 0 Å². The fraction of sp³-hybridized carbons (Fsp3) is 0.100. The molecule has 0 saturated carbocycles. The van der Waals surface area contributed by atoms with Crippen LogP contribution in [-0.4, -0.2) is 4.99 Å². The van der Waals surface area contributed by atoms with Crippen LogP contribution in [0, 0.1) is 0 Å². The van der Waals surface area contributed by atoms with Crippen LogP contribution in [0.1, 0.15) is 6.92 Å². The highest BCUT2D eigenvalue weighted by molar-refractivity contribution is 8.06. The summed E-state index contributed by atoms with van der Waals surface area (Å²) in [5.74, 6) is 0. The number of rotatable bonds is 4. The predicted molar refractivity (Wildman–Crippen MR) is 104 cm³/mol. The van der Waals surface area contributed by atoms with Crippen LogP contribution < -0.4 is 28.3 Å². The van der Waals surface area contributed by atoms with E-state index in [0.717, 1.165) is 0 Å². The minimum atomic E-state index is -1.76. The fourth-order valence-corrected chi connectivity index (χ4v) is 8.40. The Morgan fingerprint density at radius 2 is 0.870 bits per heavy atom. The van der Waals surface area contributed by atoms with Gasteiger partial charge in [0.2, 0.25) is 0 Å². The minimum absolute atomic E-state index is 0. The monoisotopic (exact) mass is 358 g/mol. The van der Waals surface area contributed by atoms with Crippen LogP contribution in [0.15, 0.2) is 91.0 Å². The van der Waals surface area contributed by atoms with Crippen molar-refractivity contribution in [3.8, 4) is 0 Å². The van der Waals surface area contributed by atoms with Gasteiger partial charge in [-0.3, -0.25) is 0 Å². The quantitative estimate of drug-likeness (QED) is 0.527. The van der Waals surface area contributed by atoms with E-state index in [2.05, 4.69) is 97.9 Å². The lowest BCUT2D eigenvalue weighted by Crippen LogP contribution is -3.00. The molecule has 0 fully saturated rings. The summed E-state index contributed by atoms with van der Waals surface area (Å²) >= 11 is 4.96. The minimum Gasteiger partial charge on any atom is -1.00 e. The lowest BCUT2D eigenvalue weighted by molar-refractivity contribution is -0.00000418. The molecule has 0 spiro atoms. The summed E-state index contributed by atoms with van der Waals surface area (Å²) in [5.41, 5.74) is 0. The molecule has 0 radical (unpaired) electrons. The first-order chi connectivity index (χ1) is 10.8. The summed E-state index contributed by atoms with van der Waals surface area (Å²) in [5, 5.41) is 4.15. The van der Waals surface area contributed by atoms with E-state index in [4.69, 9.17) is 12.6 Å². The van der Waals surface area contributed by atoms with Crippen LogP contribution in [0.25, 0.3) is 0 Å². The van der Waals surface area contributed by atoms with Crippen molar-refractivity contribution >= 4 is 35.8 Å². The van der Waals surface area contributed by atoms with E-state index < -0.39 is 7.26 Å². The van der Waals surface area contributed by atoms with Crippen LogP contribution in [0.2, 0.25) is 0 Å². The van der Waals surface area contributed by atoms with Gasteiger partial charge >= 0.3 is 0 Å². The molecule has 0 nitrogen and oxygen atoms in total. The van der Waals surface area contributed by atoms with Crippen molar-refractivity contribution in [3.05, 3.63) is 91.0 Å². The summed E-state index contributed by atoms with van der Waals surface area (Å²) in [6.07, 6.45) is 0. The normalized spacial score (nSPS) is 12.3. The third-order valence-corrected chi connectivity index (χ3v) is 9.55. The van der Waals surface area contributed by atoms with Crippen molar-refractivity contribution in [2.45, 2.75) is 11.9 Å². The second kappa shape index (κ2) is 8.02. The van der Waals surface area contributed by atoms with E-state index in [-0.39, 0.29) is 17.4 Å². The first-order valence-corrected chi connectivity index (χ1v) is 9.87. The molecule has 0 aliphatic heterocycles. The van der Waals surface area contributed by atoms with Crippen LogP contribution in [0.5, 0.6) is 0 Å². The van der Waals surface area contributed by atoms with Gasteiger partial charge in [-0.2, -0.15) is 0 Å². The van der Waals surface area contributed by atoms with Gasteiger partial charge in [-0.25, -0.2) is 0 Å². The van der Waals surface area contributed by atoms with Gasteiger partial charge in [-0.05, 0) is 43.3 Å². The highest BCUT2D eigenvalue weighted by atomic mass is 35.5. The van der Waals surface area contributed by atoms with Crippen LogP contribution in [-0.2, 0) is 0 Å². The summed E-state index contributed by atoms with van der Waals surface area (Å²) in [7, 11) is -1.76. The summed E-state index contributed by atoms with van der Waals surface area (Å²) in [6.45, 7) is 2.23. The van der Waals surface area contributed by atoms with Crippen molar-refractivity contribution in [2.24, 2.45) is 0 Å². The topological polar surface area (TPSA) is 0 Å². The lowest BCUT2D eigenvalue weighted by Gasteiger charge is -2.30. The van der Waals surface area contributed by atoms with Gasteiger partial charge in [0, 0.05) is 0 Å². The van der Waals surface area contributed by atoms with Crippen molar-refractivity contribution in [2.75, 3.05) is 0 Å². The van der Waals surface area contributed by atoms with E-state index >= 15 is 0 Å². The predicted octanol–water partition coefficient (Wildman–Crippen LogP) is 1.26. The Hall–Kier alpha value is -1.27. The molecule has 0 amide bonds. The van der Waals surface area contributed by atoms with Crippen molar-refractivity contribution in [3.63, 3.8) is 0 Å². The summed E-state index contributed by atoms with van der Waals surface area (Å²) in [6, 6.07) is 32.5. The average Bonchev–Trinajstić information content (AvgIpc) is 2.58. The number of hydrogen-bond donors (Lipinski definition) is 1. The smallest absolute Gasteiger partial charge is 0.124 e. The molecule has 0 bridgehead atoms. The Bertz CT molecular complexity index is 618. The Labute approximate surface area is 151 Å². The molecule has 0 aromatic heterocycles. The molecule has 0 aliphatic carbocycles. The number of halogens is 1. The van der Waals surface area contributed by atoms with Crippen LogP contribution in [0.3, 0.4) is 0 Å². The second-order valence-corrected chi connectivity index (χ2v) is 10.3. The van der Waals surface area contributed by atoms with Crippen molar-refractivity contribution in [1.82, 2.24) is 0 Å². The highest BCUT2D eigenvalue weighted by Crippen LogP contribution is 2.60. The zero-order valence-corrected chi connectivity index (χ0v) is 15.6. The molecule has 0 heterocycles. The van der Waals surface area contributed by atoms with Gasteiger partial charge in [-0.15, -0.1) is 12.6 Å². The molecule has 3 rings (SSSR count).